The molecule has 0 aromatic rings. The Labute approximate surface area is 114 Å². The molecule has 1 amide bonds. The maximum Gasteiger partial charge on any atom is 0.326 e. The van der Waals surface area contributed by atoms with Gasteiger partial charge in [0.05, 0.1) is 5.54 Å². The minimum Gasteiger partial charge on any atom is -0.480 e. The summed E-state index contributed by atoms with van der Waals surface area (Å²) in [5.74, 6) is -0.681. The van der Waals surface area contributed by atoms with Gasteiger partial charge in [0.15, 0.2) is 0 Å². The number of carboxylic acids is 1. The number of amides is 1. The lowest BCUT2D eigenvalue weighted by Crippen LogP contribution is -2.59. The molecule has 4 N–H and O–H groups in total. The van der Waals surface area contributed by atoms with Crippen molar-refractivity contribution >= 4 is 11.9 Å². The van der Waals surface area contributed by atoms with Gasteiger partial charge in [0, 0.05) is 0 Å². The van der Waals surface area contributed by atoms with E-state index in [0.29, 0.717) is 25.2 Å². The quantitative estimate of drug-likeness (QED) is 0.706. The number of hydrogen-bond acceptors (Lipinski definition) is 3. The Bertz CT molecular complexity index is 344. The Morgan fingerprint density at radius 2 is 2.11 bits per heavy atom. The van der Waals surface area contributed by atoms with Gasteiger partial charge < -0.3 is 16.2 Å². The van der Waals surface area contributed by atoms with Crippen LogP contribution in [-0.4, -0.2) is 28.6 Å². The van der Waals surface area contributed by atoms with Crippen LogP contribution in [-0.2, 0) is 9.59 Å². The van der Waals surface area contributed by atoms with E-state index in [0.717, 1.165) is 12.8 Å². The number of hydrogen-bond donors (Lipinski definition) is 3. The van der Waals surface area contributed by atoms with Crippen molar-refractivity contribution in [3.05, 3.63) is 0 Å². The van der Waals surface area contributed by atoms with Gasteiger partial charge in [-0.15, -0.1) is 0 Å². The number of carbonyl (C=O) groups is 2. The van der Waals surface area contributed by atoms with E-state index < -0.39 is 17.6 Å². The van der Waals surface area contributed by atoms with Gasteiger partial charge in [-0.05, 0) is 31.1 Å². The number of rotatable bonds is 5. The molecule has 0 bridgehead atoms. The maximum absolute atomic E-state index is 12.3. The number of nitrogens with two attached hydrogens (primary N) is 1. The normalized spacial score (nSPS) is 29.0. The third-order valence-corrected chi connectivity index (χ3v) is 3.80. The van der Waals surface area contributed by atoms with Crippen LogP contribution in [0.3, 0.4) is 0 Å². The molecule has 0 aromatic carbocycles. The smallest absolute Gasteiger partial charge is 0.326 e. The zero-order valence-electron chi connectivity index (χ0n) is 12.1. The van der Waals surface area contributed by atoms with E-state index in [4.69, 9.17) is 10.8 Å². The molecule has 1 aliphatic carbocycles. The summed E-state index contributed by atoms with van der Waals surface area (Å²) >= 11 is 0. The average Bonchev–Trinajstić information content (AvgIpc) is 2.26. The first-order valence-corrected chi connectivity index (χ1v) is 7.07. The second-order valence-electron chi connectivity index (χ2n) is 6.35. The van der Waals surface area contributed by atoms with Gasteiger partial charge in [-0.1, -0.05) is 33.6 Å². The Morgan fingerprint density at radius 3 is 2.58 bits per heavy atom. The average molecular weight is 270 g/mol. The molecule has 1 rings (SSSR count). The molecule has 0 saturated heterocycles. The second-order valence-corrected chi connectivity index (χ2v) is 6.35. The lowest BCUT2D eigenvalue weighted by atomic mass is 9.76. The fraction of sp³-hybridized carbons (Fsp3) is 0.857. The van der Waals surface area contributed by atoms with E-state index in [9.17, 15) is 9.59 Å². The van der Waals surface area contributed by atoms with Crippen LogP contribution < -0.4 is 11.1 Å². The first-order chi connectivity index (χ1) is 8.74. The molecular formula is C14H26N2O3. The molecule has 0 spiro atoms. The Morgan fingerprint density at radius 1 is 1.47 bits per heavy atom. The molecule has 3 atom stereocenters. The van der Waals surface area contributed by atoms with Crippen LogP contribution in [0.15, 0.2) is 0 Å². The fourth-order valence-corrected chi connectivity index (χ4v) is 2.79. The largest absolute Gasteiger partial charge is 0.480 e. The summed E-state index contributed by atoms with van der Waals surface area (Å²) in [6, 6.07) is -0.842. The van der Waals surface area contributed by atoms with Crippen LogP contribution in [0.4, 0.5) is 0 Å². The molecule has 0 radical (unpaired) electrons. The summed E-state index contributed by atoms with van der Waals surface area (Å²) < 4.78 is 0. The summed E-state index contributed by atoms with van der Waals surface area (Å²) in [5.41, 5.74) is 5.27. The van der Waals surface area contributed by atoms with Crippen molar-refractivity contribution in [2.75, 3.05) is 0 Å². The standard InChI is InChI=1S/C14H26N2O3/c1-9(2)7-11(12(17)18)16-13(19)14(15)6-4-5-10(3)8-14/h9-11H,4-8,15H2,1-3H3,(H,16,19)(H,17,18)/t10?,11-,14?/m0/s1. The first-order valence-electron chi connectivity index (χ1n) is 7.07. The predicted octanol–water partition coefficient (Wildman–Crippen LogP) is 1.51. The summed E-state index contributed by atoms with van der Waals surface area (Å²) in [6.45, 7) is 5.95. The molecule has 1 fully saturated rings. The van der Waals surface area contributed by atoms with E-state index >= 15 is 0 Å². The van der Waals surface area contributed by atoms with Crippen LogP contribution in [0.1, 0.15) is 52.9 Å². The van der Waals surface area contributed by atoms with Crippen molar-refractivity contribution in [1.29, 1.82) is 0 Å². The molecule has 1 aliphatic rings. The molecular weight excluding hydrogens is 244 g/mol. The van der Waals surface area contributed by atoms with E-state index in [-0.39, 0.29) is 11.8 Å². The predicted molar refractivity (Wildman–Crippen MR) is 73.6 cm³/mol. The van der Waals surface area contributed by atoms with Crippen molar-refractivity contribution in [2.24, 2.45) is 17.6 Å². The Kier molecular flexibility index (Phi) is 5.35. The van der Waals surface area contributed by atoms with Gasteiger partial charge in [-0.25, -0.2) is 4.79 Å². The summed E-state index contributed by atoms with van der Waals surface area (Å²) in [5, 5.41) is 11.8. The fourth-order valence-electron chi connectivity index (χ4n) is 2.79. The highest BCUT2D eigenvalue weighted by Gasteiger charge is 2.39. The minimum absolute atomic E-state index is 0.209. The molecule has 0 heterocycles. The van der Waals surface area contributed by atoms with Gasteiger partial charge in [0.2, 0.25) is 5.91 Å². The molecule has 5 heteroatoms. The molecule has 110 valence electrons. The lowest BCUT2D eigenvalue weighted by Gasteiger charge is -2.36. The van der Waals surface area contributed by atoms with Crippen LogP contribution in [0.2, 0.25) is 0 Å². The molecule has 19 heavy (non-hydrogen) atoms. The third-order valence-electron chi connectivity index (χ3n) is 3.80. The highest BCUT2D eigenvalue weighted by Crippen LogP contribution is 2.30. The second kappa shape index (κ2) is 6.37. The van der Waals surface area contributed by atoms with Crippen LogP contribution in [0.5, 0.6) is 0 Å². The topological polar surface area (TPSA) is 92.4 Å². The third kappa shape index (κ3) is 4.49. The van der Waals surface area contributed by atoms with Crippen LogP contribution in [0.25, 0.3) is 0 Å². The SMILES string of the molecule is CC(C)C[C@H](NC(=O)C1(N)CCCC(C)C1)C(=O)O. The lowest BCUT2D eigenvalue weighted by molar-refractivity contribution is -0.143. The molecule has 1 saturated carbocycles. The van der Waals surface area contributed by atoms with Gasteiger partial charge in [-0.3, -0.25) is 4.79 Å². The van der Waals surface area contributed by atoms with E-state index in [1.807, 2.05) is 13.8 Å². The van der Waals surface area contributed by atoms with Crippen molar-refractivity contribution in [3.63, 3.8) is 0 Å². The first kappa shape index (κ1) is 16.0. The van der Waals surface area contributed by atoms with Crippen molar-refractivity contribution in [2.45, 2.75) is 64.5 Å². The van der Waals surface area contributed by atoms with Crippen LogP contribution >= 0.6 is 0 Å². The van der Waals surface area contributed by atoms with Gasteiger partial charge in [0.1, 0.15) is 6.04 Å². The Balaban J connectivity index is 2.67. The zero-order valence-corrected chi connectivity index (χ0v) is 12.1. The maximum atomic E-state index is 12.3. The van der Waals surface area contributed by atoms with Crippen molar-refractivity contribution < 1.29 is 14.7 Å². The monoisotopic (exact) mass is 270 g/mol. The number of carboxylic acid groups (broad SMARTS) is 1. The number of nitrogens with one attached hydrogen (secondary N) is 1. The molecule has 5 nitrogen and oxygen atoms in total. The summed E-state index contributed by atoms with van der Waals surface area (Å²) in [6.07, 6.45) is 3.70. The van der Waals surface area contributed by atoms with Crippen LogP contribution in [0, 0.1) is 11.8 Å². The Hall–Kier alpha value is -1.10. The van der Waals surface area contributed by atoms with E-state index in [1.165, 1.54) is 0 Å². The number of aliphatic carboxylic acids is 1. The molecule has 2 unspecified atom stereocenters. The number of carbonyl (C=O) groups excluding carboxylic acids is 1. The van der Waals surface area contributed by atoms with Crippen molar-refractivity contribution in [1.82, 2.24) is 5.32 Å². The molecule has 0 aromatic heterocycles. The summed E-state index contributed by atoms with van der Waals surface area (Å²) in [7, 11) is 0. The summed E-state index contributed by atoms with van der Waals surface area (Å²) in [4.78, 5) is 23.4. The highest BCUT2D eigenvalue weighted by atomic mass is 16.4. The van der Waals surface area contributed by atoms with Gasteiger partial charge in [-0.2, -0.15) is 0 Å². The van der Waals surface area contributed by atoms with E-state index in [1.54, 1.807) is 0 Å². The van der Waals surface area contributed by atoms with Crippen molar-refractivity contribution in [3.8, 4) is 0 Å². The highest BCUT2D eigenvalue weighted by molar-refractivity contribution is 5.90. The molecule has 0 aliphatic heterocycles. The van der Waals surface area contributed by atoms with E-state index in [2.05, 4.69) is 12.2 Å². The van der Waals surface area contributed by atoms with Gasteiger partial charge in [0.25, 0.3) is 0 Å². The minimum atomic E-state index is -0.991. The van der Waals surface area contributed by atoms with Gasteiger partial charge >= 0.3 is 5.97 Å². The zero-order chi connectivity index (χ0) is 14.6.